The number of carbonyl (C=O) groups excluding carboxylic acids is 1. The lowest BCUT2D eigenvalue weighted by molar-refractivity contribution is 0.0633. The van der Waals surface area contributed by atoms with Gasteiger partial charge in [-0.15, -0.1) is 0 Å². The molecule has 130 valence electrons. The van der Waals surface area contributed by atoms with E-state index < -0.39 is 11.7 Å². The quantitative estimate of drug-likeness (QED) is 0.800. The zero-order chi connectivity index (χ0) is 17.9. The van der Waals surface area contributed by atoms with Gasteiger partial charge in [-0.2, -0.15) is 0 Å². The minimum absolute atomic E-state index is 0.221. The van der Waals surface area contributed by atoms with Crippen LogP contribution in [0.1, 0.15) is 45.7 Å². The lowest BCUT2D eigenvalue weighted by Gasteiger charge is -2.19. The van der Waals surface area contributed by atoms with E-state index in [0.717, 1.165) is 12.0 Å². The second-order valence-electron chi connectivity index (χ2n) is 6.33. The number of pyridine rings is 1. The molecular weight excluding hydrogens is 308 g/mol. The molecule has 6 nitrogen and oxygen atoms in total. The standard InChI is InChI=1S/C18H24N2O4/c1-7-12-9-13-15(19-10-12)14(11(3)22-8-2)16(23-13)20-17(21)24-18(4,5)6/h9-10H,3,7-8H2,1-2,4-6H3,(H,20,21). The molecule has 0 bridgehead atoms. The van der Waals surface area contributed by atoms with Crippen molar-refractivity contribution >= 4 is 28.8 Å². The summed E-state index contributed by atoms with van der Waals surface area (Å²) in [5.41, 5.74) is 2.11. The fraction of sp³-hybridized carbons (Fsp3) is 0.444. The number of rotatable bonds is 5. The van der Waals surface area contributed by atoms with Gasteiger partial charge in [0.15, 0.2) is 5.58 Å². The Labute approximate surface area is 141 Å². The summed E-state index contributed by atoms with van der Waals surface area (Å²) in [6.07, 6.45) is 2.00. The fourth-order valence-electron chi connectivity index (χ4n) is 2.20. The van der Waals surface area contributed by atoms with Crippen molar-refractivity contribution in [3.63, 3.8) is 0 Å². The van der Waals surface area contributed by atoms with E-state index in [1.54, 1.807) is 27.0 Å². The van der Waals surface area contributed by atoms with E-state index >= 15 is 0 Å². The molecule has 0 spiro atoms. The molecule has 0 unspecified atom stereocenters. The molecule has 6 heteroatoms. The number of furan rings is 1. The van der Waals surface area contributed by atoms with Gasteiger partial charge in [-0.1, -0.05) is 13.5 Å². The van der Waals surface area contributed by atoms with Gasteiger partial charge in [0.1, 0.15) is 22.4 Å². The largest absolute Gasteiger partial charge is 0.494 e. The number of nitrogens with one attached hydrogen (secondary N) is 1. The molecule has 24 heavy (non-hydrogen) atoms. The summed E-state index contributed by atoms with van der Waals surface area (Å²) in [5, 5.41) is 2.62. The number of nitrogens with zero attached hydrogens (tertiary/aromatic N) is 1. The minimum Gasteiger partial charge on any atom is -0.494 e. The van der Waals surface area contributed by atoms with E-state index in [-0.39, 0.29) is 5.88 Å². The number of carbonyl (C=O) groups is 1. The highest BCUT2D eigenvalue weighted by atomic mass is 16.6. The average Bonchev–Trinajstić information content (AvgIpc) is 2.81. The maximum absolute atomic E-state index is 12.1. The van der Waals surface area contributed by atoms with Crippen LogP contribution in [0.5, 0.6) is 0 Å². The molecule has 2 rings (SSSR count). The Hall–Kier alpha value is -2.50. The average molecular weight is 332 g/mol. The number of hydrogen-bond donors (Lipinski definition) is 1. The van der Waals surface area contributed by atoms with Crippen LogP contribution in [0.15, 0.2) is 23.3 Å². The fourth-order valence-corrected chi connectivity index (χ4v) is 2.20. The van der Waals surface area contributed by atoms with Crippen molar-refractivity contribution < 1.29 is 18.7 Å². The van der Waals surface area contributed by atoms with Crippen LogP contribution in [0.3, 0.4) is 0 Å². The first kappa shape index (κ1) is 17.8. The Morgan fingerprint density at radius 1 is 1.38 bits per heavy atom. The second-order valence-corrected chi connectivity index (χ2v) is 6.33. The van der Waals surface area contributed by atoms with Gasteiger partial charge in [0.25, 0.3) is 0 Å². The van der Waals surface area contributed by atoms with Crippen LogP contribution < -0.4 is 5.32 Å². The van der Waals surface area contributed by atoms with E-state index in [9.17, 15) is 4.79 Å². The van der Waals surface area contributed by atoms with Crippen LogP contribution in [0.2, 0.25) is 0 Å². The van der Waals surface area contributed by atoms with Crippen molar-refractivity contribution in [1.29, 1.82) is 0 Å². The summed E-state index contributed by atoms with van der Waals surface area (Å²) in [7, 11) is 0. The molecule has 1 N–H and O–H groups in total. The van der Waals surface area contributed by atoms with Crippen LogP contribution in [0.4, 0.5) is 10.7 Å². The highest BCUT2D eigenvalue weighted by molar-refractivity contribution is 5.96. The zero-order valence-electron chi connectivity index (χ0n) is 14.9. The normalized spacial score (nSPS) is 11.4. The number of aromatic nitrogens is 1. The van der Waals surface area contributed by atoms with Crippen molar-refractivity contribution in [2.24, 2.45) is 0 Å². The molecule has 1 amide bonds. The van der Waals surface area contributed by atoms with E-state index in [0.29, 0.717) is 29.0 Å². The monoisotopic (exact) mass is 332 g/mol. The smallest absolute Gasteiger partial charge is 0.414 e. The molecule has 2 heterocycles. The Morgan fingerprint density at radius 3 is 2.67 bits per heavy atom. The zero-order valence-corrected chi connectivity index (χ0v) is 14.9. The van der Waals surface area contributed by atoms with Gasteiger partial charge in [-0.05, 0) is 45.7 Å². The molecule has 0 aliphatic carbocycles. The van der Waals surface area contributed by atoms with Gasteiger partial charge in [-0.25, -0.2) is 4.79 Å². The summed E-state index contributed by atoms with van der Waals surface area (Å²) < 4.78 is 16.5. The lowest BCUT2D eigenvalue weighted by Crippen LogP contribution is -2.27. The van der Waals surface area contributed by atoms with Crippen molar-refractivity contribution in [2.45, 2.75) is 46.6 Å². The van der Waals surface area contributed by atoms with Crippen LogP contribution in [0, 0.1) is 0 Å². The first-order valence-electron chi connectivity index (χ1n) is 7.98. The van der Waals surface area contributed by atoms with Gasteiger partial charge in [0.05, 0.1) is 6.61 Å². The first-order valence-corrected chi connectivity index (χ1v) is 7.98. The maximum Gasteiger partial charge on any atom is 0.414 e. The van der Waals surface area contributed by atoms with Crippen LogP contribution in [-0.4, -0.2) is 23.3 Å². The molecule has 0 fully saturated rings. The van der Waals surface area contributed by atoms with Crippen LogP contribution in [0.25, 0.3) is 16.9 Å². The molecule has 0 atom stereocenters. The van der Waals surface area contributed by atoms with E-state index in [1.165, 1.54) is 0 Å². The number of fused-ring (bicyclic) bond motifs is 1. The summed E-state index contributed by atoms with van der Waals surface area (Å²) in [6.45, 7) is 13.6. The van der Waals surface area contributed by atoms with Crippen LogP contribution >= 0.6 is 0 Å². The van der Waals surface area contributed by atoms with Crippen molar-refractivity contribution in [1.82, 2.24) is 4.98 Å². The van der Waals surface area contributed by atoms with Crippen LogP contribution in [-0.2, 0) is 15.9 Å². The number of amides is 1. The number of hydrogen-bond acceptors (Lipinski definition) is 5. The Bertz CT molecular complexity index is 756. The predicted octanol–water partition coefficient (Wildman–Crippen LogP) is 4.74. The van der Waals surface area contributed by atoms with Crippen molar-refractivity contribution in [3.8, 4) is 0 Å². The summed E-state index contributed by atoms with van der Waals surface area (Å²) >= 11 is 0. The van der Waals surface area contributed by atoms with Crippen molar-refractivity contribution in [3.05, 3.63) is 30.0 Å². The highest BCUT2D eigenvalue weighted by Gasteiger charge is 2.23. The molecular formula is C18H24N2O4. The summed E-state index contributed by atoms with van der Waals surface area (Å²) in [4.78, 5) is 16.5. The lowest BCUT2D eigenvalue weighted by atomic mass is 10.2. The molecule has 2 aromatic heterocycles. The van der Waals surface area contributed by atoms with E-state index in [1.807, 2.05) is 19.9 Å². The van der Waals surface area contributed by atoms with Crippen molar-refractivity contribution in [2.75, 3.05) is 11.9 Å². The van der Waals surface area contributed by atoms with Gasteiger partial charge < -0.3 is 13.9 Å². The molecule has 0 saturated heterocycles. The van der Waals surface area contributed by atoms with Gasteiger partial charge in [-0.3, -0.25) is 10.3 Å². The van der Waals surface area contributed by atoms with Gasteiger partial charge in [0, 0.05) is 6.20 Å². The maximum atomic E-state index is 12.1. The molecule has 0 aromatic carbocycles. The SMILES string of the molecule is C=C(OCC)c1c(NC(=O)OC(C)(C)C)oc2cc(CC)cnc12. The Balaban J connectivity index is 2.44. The van der Waals surface area contributed by atoms with Gasteiger partial charge >= 0.3 is 6.09 Å². The highest BCUT2D eigenvalue weighted by Crippen LogP contribution is 2.34. The van der Waals surface area contributed by atoms with E-state index in [4.69, 9.17) is 13.9 Å². The molecule has 0 aliphatic heterocycles. The predicted molar refractivity (Wildman–Crippen MR) is 93.9 cm³/mol. The Kier molecular flexibility index (Phi) is 5.17. The number of aryl methyl sites for hydroxylation is 1. The third-order valence-corrected chi connectivity index (χ3v) is 3.21. The second kappa shape index (κ2) is 6.95. The summed E-state index contributed by atoms with van der Waals surface area (Å²) in [5.74, 6) is 0.609. The Morgan fingerprint density at radius 2 is 2.08 bits per heavy atom. The third kappa shape index (κ3) is 4.07. The number of anilines is 1. The first-order chi connectivity index (χ1) is 11.2. The molecule has 0 aliphatic rings. The summed E-state index contributed by atoms with van der Waals surface area (Å²) in [6, 6.07) is 1.89. The topological polar surface area (TPSA) is 73.6 Å². The third-order valence-electron chi connectivity index (χ3n) is 3.21. The van der Waals surface area contributed by atoms with Gasteiger partial charge in [0.2, 0.25) is 5.88 Å². The minimum atomic E-state index is -0.610. The van der Waals surface area contributed by atoms with E-state index in [2.05, 4.69) is 16.9 Å². The molecule has 2 aromatic rings. The number of ether oxygens (including phenoxy) is 2. The molecule has 0 saturated carbocycles. The molecule has 0 radical (unpaired) electrons.